The number of nitrogens with zero attached hydrogens (tertiary/aromatic N) is 1. The Hall–Kier alpha value is -2.01. The van der Waals surface area contributed by atoms with Gasteiger partial charge in [0.2, 0.25) is 5.91 Å². The number of thioether (sulfide) groups is 1. The Labute approximate surface area is 152 Å². The number of rotatable bonds is 5. The Balaban J connectivity index is 1.50. The first-order valence-corrected chi connectivity index (χ1v) is 9.72. The van der Waals surface area contributed by atoms with Crippen LogP contribution in [0.25, 0.3) is 10.8 Å². The van der Waals surface area contributed by atoms with E-state index in [1.165, 1.54) is 10.8 Å². The van der Waals surface area contributed by atoms with E-state index in [4.69, 9.17) is 4.74 Å². The van der Waals surface area contributed by atoms with Gasteiger partial charge in [-0.1, -0.05) is 30.3 Å². The Bertz CT molecular complexity index is 753. The maximum atomic E-state index is 12.4. The molecule has 1 saturated heterocycles. The first-order chi connectivity index (χ1) is 12.2. The molecule has 0 N–H and O–H groups in total. The Morgan fingerprint density at radius 3 is 2.56 bits per heavy atom. The zero-order valence-electron chi connectivity index (χ0n) is 14.4. The van der Waals surface area contributed by atoms with Crippen LogP contribution in [-0.4, -0.2) is 42.2 Å². The van der Waals surface area contributed by atoms with E-state index in [-0.39, 0.29) is 17.8 Å². The summed E-state index contributed by atoms with van der Waals surface area (Å²) in [6.07, 6.45) is 1.40. The fourth-order valence-corrected chi connectivity index (χ4v) is 3.97. The number of piperidine rings is 1. The molecule has 25 heavy (non-hydrogen) atoms. The number of fused-ring (bicyclic) bond motifs is 1. The third-order valence-corrected chi connectivity index (χ3v) is 5.53. The summed E-state index contributed by atoms with van der Waals surface area (Å²) in [7, 11) is 0. The van der Waals surface area contributed by atoms with E-state index in [2.05, 4.69) is 30.3 Å². The minimum absolute atomic E-state index is 0.0582. The van der Waals surface area contributed by atoms with Gasteiger partial charge in [0.15, 0.2) is 0 Å². The number of hydrogen-bond donors (Lipinski definition) is 0. The van der Waals surface area contributed by atoms with Crippen LogP contribution in [0.1, 0.15) is 19.8 Å². The van der Waals surface area contributed by atoms with E-state index in [1.54, 1.807) is 11.8 Å². The fraction of sp³-hybridized carbons (Fsp3) is 0.400. The van der Waals surface area contributed by atoms with Crippen molar-refractivity contribution in [1.82, 2.24) is 4.90 Å². The lowest BCUT2D eigenvalue weighted by Gasteiger charge is -2.30. The normalized spacial score (nSPS) is 15.3. The molecule has 4 nitrogen and oxygen atoms in total. The van der Waals surface area contributed by atoms with Crippen LogP contribution in [0.3, 0.4) is 0 Å². The maximum absolute atomic E-state index is 12.4. The molecule has 1 aliphatic heterocycles. The van der Waals surface area contributed by atoms with Crippen molar-refractivity contribution in [1.29, 1.82) is 0 Å². The predicted molar refractivity (Wildman–Crippen MR) is 101 cm³/mol. The number of carbonyl (C=O) groups excluding carboxylic acids is 2. The lowest BCUT2D eigenvalue weighted by molar-refractivity contribution is -0.151. The zero-order chi connectivity index (χ0) is 17.6. The molecule has 5 heteroatoms. The summed E-state index contributed by atoms with van der Waals surface area (Å²) in [5.74, 6) is 0.389. The minimum atomic E-state index is -0.125. The molecule has 0 atom stereocenters. The highest BCUT2D eigenvalue weighted by Crippen LogP contribution is 2.25. The van der Waals surface area contributed by atoms with Crippen molar-refractivity contribution in [2.75, 3.05) is 25.4 Å². The summed E-state index contributed by atoms with van der Waals surface area (Å²) in [5, 5.41) is 2.40. The van der Waals surface area contributed by atoms with Crippen molar-refractivity contribution in [2.24, 2.45) is 5.92 Å². The highest BCUT2D eigenvalue weighted by atomic mass is 32.2. The van der Waals surface area contributed by atoms with Gasteiger partial charge in [-0.05, 0) is 42.7 Å². The molecule has 0 bridgehead atoms. The molecule has 132 valence electrons. The molecule has 1 amide bonds. The lowest BCUT2D eigenvalue weighted by atomic mass is 9.97. The van der Waals surface area contributed by atoms with Gasteiger partial charge >= 0.3 is 5.97 Å². The highest BCUT2D eigenvalue weighted by Gasteiger charge is 2.28. The molecule has 0 saturated carbocycles. The van der Waals surface area contributed by atoms with E-state index in [0.717, 1.165) is 4.90 Å². The Morgan fingerprint density at radius 1 is 1.12 bits per heavy atom. The van der Waals surface area contributed by atoms with Crippen molar-refractivity contribution < 1.29 is 14.3 Å². The largest absolute Gasteiger partial charge is 0.466 e. The number of likely N-dealkylation sites (tertiary alicyclic amines) is 1. The van der Waals surface area contributed by atoms with Gasteiger partial charge in [0.1, 0.15) is 0 Å². The smallest absolute Gasteiger partial charge is 0.309 e. The predicted octanol–water partition coefficient (Wildman–Crippen LogP) is 3.73. The summed E-state index contributed by atoms with van der Waals surface area (Å²) in [6, 6.07) is 14.5. The van der Waals surface area contributed by atoms with E-state index >= 15 is 0 Å². The summed E-state index contributed by atoms with van der Waals surface area (Å²) in [4.78, 5) is 27.2. The Morgan fingerprint density at radius 2 is 1.84 bits per heavy atom. The zero-order valence-corrected chi connectivity index (χ0v) is 15.3. The molecule has 0 radical (unpaired) electrons. The number of hydrogen-bond acceptors (Lipinski definition) is 4. The van der Waals surface area contributed by atoms with E-state index in [9.17, 15) is 9.59 Å². The fourth-order valence-electron chi connectivity index (χ4n) is 3.12. The summed E-state index contributed by atoms with van der Waals surface area (Å²) in [6.45, 7) is 3.52. The second-order valence-electron chi connectivity index (χ2n) is 6.20. The first kappa shape index (κ1) is 17.8. The molecule has 1 heterocycles. The van der Waals surface area contributed by atoms with Crippen LogP contribution in [0.4, 0.5) is 0 Å². The van der Waals surface area contributed by atoms with Gasteiger partial charge in [-0.15, -0.1) is 11.8 Å². The topological polar surface area (TPSA) is 46.6 Å². The molecule has 2 aromatic carbocycles. The van der Waals surface area contributed by atoms with Crippen LogP contribution in [0.15, 0.2) is 47.4 Å². The molecular formula is C20H23NO3S. The third kappa shape index (κ3) is 4.54. The van der Waals surface area contributed by atoms with Crippen molar-refractivity contribution in [3.63, 3.8) is 0 Å². The Kier molecular flexibility index (Phi) is 5.97. The molecule has 1 fully saturated rings. The van der Waals surface area contributed by atoms with Crippen molar-refractivity contribution >= 4 is 34.4 Å². The number of esters is 1. The van der Waals surface area contributed by atoms with Gasteiger partial charge in [-0.3, -0.25) is 9.59 Å². The van der Waals surface area contributed by atoms with Crippen molar-refractivity contribution in [3.05, 3.63) is 42.5 Å². The van der Waals surface area contributed by atoms with Crippen molar-refractivity contribution in [3.8, 4) is 0 Å². The molecule has 2 aromatic rings. The van der Waals surface area contributed by atoms with Crippen molar-refractivity contribution in [2.45, 2.75) is 24.7 Å². The molecular weight excluding hydrogens is 334 g/mol. The van der Waals surface area contributed by atoms with E-state index < -0.39 is 0 Å². The average Bonchev–Trinajstić information content (AvgIpc) is 2.66. The molecule has 0 aromatic heterocycles. The number of benzene rings is 2. The maximum Gasteiger partial charge on any atom is 0.309 e. The molecule has 1 aliphatic rings. The van der Waals surface area contributed by atoms with Crippen LogP contribution in [0.2, 0.25) is 0 Å². The van der Waals surface area contributed by atoms with E-state index in [1.807, 2.05) is 24.0 Å². The molecule has 3 rings (SSSR count). The minimum Gasteiger partial charge on any atom is -0.466 e. The second kappa shape index (κ2) is 8.39. The number of amides is 1. The monoisotopic (exact) mass is 357 g/mol. The molecule has 0 spiro atoms. The molecule has 0 aliphatic carbocycles. The van der Waals surface area contributed by atoms with Crippen LogP contribution in [0, 0.1) is 5.92 Å². The van der Waals surface area contributed by atoms with Gasteiger partial charge in [-0.2, -0.15) is 0 Å². The van der Waals surface area contributed by atoms with Gasteiger partial charge < -0.3 is 9.64 Å². The van der Waals surface area contributed by atoms with Gasteiger partial charge in [0.05, 0.1) is 18.3 Å². The number of carbonyl (C=O) groups is 2. The van der Waals surface area contributed by atoms with Crippen LogP contribution < -0.4 is 0 Å². The van der Waals surface area contributed by atoms with Crippen LogP contribution >= 0.6 is 11.8 Å². The summed E-state index contributed by atoms with van der Waals surface area (Å²) >= 11 is 1.57. The second-order valence-corrected chi connectivity index (χ2v) is 7.25. The third-order valence-electron chi connectivity index (χ3n) is 4.55. The van der Waals surface area contributed by atoms with Crippen LogP contribution in [-0.2, 0) is 14.3 Å². The first-order valence-electron chi connectivity index (χ1n) is 8.73. The van der Waals surface area contributed by atoms with Gasteiger partial charge in [0.25, 0.3) is 0 Å². The standard InChI is InChI=1S/C20H23NO3S/c1-2-24-20(23)16-9-11-21(12-10-16)19(22)14-25-18-8-7-15-5-3-4-6-17(15)13-18/h3-8,13,16H,2,9-12,14H2,1H3. The summed E-state index contributed by atoms with van der Waals surface area (Å²) < 4.78 is 5.07. The summed E-state index contributed by atoms with van der Waals surface area (Å²) in [5.41, 5.74) is 0. The highest BCUT2D eigenvalue weighted by molar-refractivity contribution is 8.00. The lowest BCUT2D eigenvalue weighted by Crippen LogP contribution is -2.41. The number of ether oxygens (including phenoxy) is 1. The van der Waals surface area contributed by atoms with Gasteiger partial charge in [0, 0.05) is 18.0 Å². The van der Waals surface area contributed by atoms with Crippen LogP contribution in [0.5, 0.6) is 0 Å². The van der Waals surface area contributed by atoms with E-state index in [0.29, 0.717) is 38.3 Å². The quantitative estimate of drug-likeness (QED) is 0.604. The average molecular weight is 357 g/mol. The van der Waals surface area contributed by atoms with Gasteiger partial charge in [-0.25, -0.2) is 0 Å². The molecule has 0 unspecified atom stereocenters. The SMILES string of the molecule is CCOC(=O)C1CCN(C(=O)CSc2ccc3ccccc3c2)CC1.